The van der Waals surface area contributed by atoms with Crippen LogP contribution in [0.25, 0.3) is 0 Å². The van der Waals surface area contributed by atoms with E-state index in [4.69, 9.17) is 4.74 Å². The molecule has 0 amide bonds. The predicted octanol–water partition coefficient (Wildman–Crippen LogP) is 5.11. The van der Waals surface area contributed by atoms with E-state index in [2.05, 4.69) is 11.6 Å². The molecule has 0 aliphatic carbocycles. The number of Topliss-reactive ketones (excluding diaryl/α,β-unsaturated/α-hetero) is 1. The first kappa shape index (κ1) is 21.1. The molecule has 1 aromatic rings. The van der Waals surface area contributed by atoms with Crippen LogP contribution >= 0.6 is 0 Å². The number of hydrogen-bond acceptors (Lipinski definition) is 3. The van der Waals surface area contributed by atoms with Gasteiger partial charge in [0.25, 0.3) is 0 Å². The van der Waals surface area contributed by atoms with Gasteiger partial charge in [0.2, 0.25) is 0 Å². The number of unbranched alkanes of at least 4 members (excludes halogenated alkanes) is 5. The van der Waals surface area contributed by atoms with E-state index in [9.17, 15) is 9.00 Å². The number of benzene rings is 1. The van der Waals surface area contributed by atoms with Gasteiger partial charge in [0, 0.05) is 23.3 Å². The number of fused-ring (bicyclic) bond motifs is 1. The van der Waals surface area contributed by atoms with E-state index in [0.717, 1.165) is 30.6 Å². The Morgan fingerprint density at radius 2 is 1.92 bits per heavy atom. The lowest BCUT2D eigenvalue weighted by Gasteiger charge is -2.38. The minimum absolute atomic E-state index is 0.0320. The zero-order valence-electron chi connectivity index (χ0n) is 16.6. The maximum Gasteiger partial charge on any atom is 0.159 e. The Kier molecular flexibility index (Phi) is 7.84. The van der Waals surface area contributed by atoms with Crippen LogP contribution in [0.5, 0.6) is 5.75 Å². The molecule has 1 aromatic carbocycles. The average Bonchev–Trinajstić information content (AvgIpc) is 2.56. The van der Waals surface area contributed by atoms with E-state index in [1.54, 1.807) is 13.0 Å². The SMILES string of the molecule is CCCCCCCCS(=O)N[C@H]1CC(C)(C)Oc2ccc(C(C)=O)cc21. The molecule has 1 unspecified atom stereocenters. The van der Waals surface area contributed by atoms with E-state index in [1.807, 2.05) is 26.0 Å². The lowest BCUT2D eigenvalue weighted by molar-refractivity contribution is 0.0703. The molecule has 2 rings (SSSR count). The Hall–Kier alpha value is -1.20. The molecule has 0 bridgehead atoms. The molecule has 146 valence electrons. The van der Waals surface area contributed by atoms with Crippen molar-refractivity contribution in [3.63, 3.8) is 0 Å². The molecule has 1 aliphatic rings. The highest BCUT2D eigenvalue weighted by Gasteiger charge is 2.34. The number of ether oxygens (including phenoxy) is 1. The molecule has 1 aliphatic heterocycles. The van der Waals surface area contributed by atoms with Crippen LogP contribution in [0.1, 0.15) is 94.6 Å². The van der Waals surface area contributed by atoms with E-state index in [1.165, 1.54) is 25.7 Å². The van der Waals surface area contributed by atoms with Crippen LogP contribution in [0.15, 0.2) is 18.2 Å². The summed E-state index contributed by atoms with van der Waals surface area (Å²) in [5.74, 6) is 1.48. The number of rotatable bonds is 10. The number of hydrogen-bond donors (Lipinski definition) is 1. The third-order valence-corrected chi connectivity index (χ3v) is 6.04. The number of nitrogens with one attached hydrogen (secondary N) is 1. The first-order valence-electron chi connectivity index (χ1n) is 9.81. The quantitative estimate of drug-likeness (QED) is 0.454. The maximum absolute atomic E-state index is 12.5. The minimum atomic E-state index is -1.07. The highest BCUT2D eigenvalue weighted by Crippen LogP contribution is 2.40. The number of carbonyl (C=O) groups is 1. The normalized spacial score (nSPS) is 19.5. The number of ketones is 1. The van der Waals surface area contributed by atoms with Crippen molar-refractivity contribution in [2.45, 2.75) is 84.3 Å². The summed E-state index contributed by atoms with van der Waals surface area (Å²) in [6.07, 6.45) is 7.87. The summed E-state index contributed by atoms with van der Waals surface area (Å²) in [6, 6.07) is 5.48. The van der Waals surface area contributed by atoms with Crippen molar-refractivity contribution in [3.05, 3.63) is 29.3 Å². The van der Waals surface area contributed by atoms with Gasteiger partial charge in [0.05, 0.1) is 17.0 Å². The van der Waals surface area contributed by atoms with Crippen LogP contribution < -0.4 is 9.46 Å². The standard InChI is InChI=1S/C21H33NO3S/c1-5-6-7-8-9-10-13-26(24)22-19-15-21(3,4)25-20-12-11-17(16(2)23)14-18(19)20/h11-12,14,19,22H,5-10,13,15H2,1-4H3/t19-,26?/m0/s1. The molecule has 0 radical (unpaired) electrons. The lowest BCUT2D eigenvalue weighted by atomic mass is 9.89. The van der Waals surface area contributed by atoms with Crippen molar-refractivity contribution in [1.29, 1.82) is 0 Å². The van der Waals surface area contributed by atoms with Crippen LogP contribution in [0.4, 0.5) is 0 Å². The van der Waals surface area contributed by atoms with Crippen LogP contribution in [0.3, 0.4) is 0 Å². The van der Waals surface area contributed by atoms with Crippen LogP contribution in [-0.2, 0) is 11.0 Å². The van der Waals surface area contributed by atoms with Crippen molar-refractivity contribution in [1.82, 2.24) is 4.72 Å². The Balaban J connectivity index is 1.98. The molecule has 0 fully saturated rings. The Bertz CT molecular complexity index is 642. The van der Waals surface area contributed by atoms with Crippen LogP contribution in [-0.4, -0.2) is 21.3 Å². The zero-order chi connectivity index (χ0) is 19.2. The summed E-state index contributed by atoms with van der Waals surface area (Å²) in [7, 11) is -1.07. The second-order valence-corrected chi connectivity index (χ2v) is 9.20. The Labute approximate surface area is 160 Å². The fourth-order valence-electron chi connectivity index (χ4n) is 3.41. The van der Waals surface area contributed by atoms with E-state index < -0.39 is 11.0 Å². The average molecular weight is 380 g/mol. The van der Waals surface area contributed by atoms with Crippen LogP contribution in [0, 0.1) is 0 Å². The Morgan fingerprint density at radius 3 is 2.62 bits per heavy atom. The molecule has 0 saturated carbocycles. The lowest BCUT2D eigenvalue weighted by Crippen LogP contribution is -2.40. The molecule has 2 atom stereocenters. The van der Waals surface area contributed by atoms with Gasteiger partial charge in [-0.15, -0.1) is 0 Å². The topological polar surface area (TPSA) is 55.4 Å². The molecule has 5 heteroatoms. The molecule has 0 saturated heterocycles. The fraction of sp³-hybridized carbons (Fsp3) is 0.667. The third kappa shape index (κ3) is 6.20. The highest BCUT2D eigenvalue weighted by molar-refractivity contribution is 7.83. The van der Waals surface area contributed by atoms with Gasteiger partial charge in [-0.1, -0.05) is 39.0 Å². The van der Waals surface area contributed by atoms with Crippen molar-refractivity contribution in [2.75, 3.05) is 5.75 Å². The molecule has 1 N–H and O–H groups in total. The summed E-state index contributed by atoms with van der Waals surface area (Å²) >= 11 is 0. The van der Waals surface area contributed by atoms with E-state index in [0.29, 0.717) is 11.3 Å². The van der Waals surface area contributed by atoms with Crippen molar-refractivity contribution in [3.8, 4) is 5.75 Å². The van der Waals surface area contributed by atoms with Crippen molar-refractivity contribution >= 4 is 16.8 Å². The van der Waals surface area contributed by atoms with Gasteiger partial charge in [0.1, 0.15) is 11.4 Å². The van der Waals surface area contributed by atoms with Gasteiger partial charge in [-0.25, -0.2) is 8.93 Å². The minimum Gasteiger partial charge on any atom is -0.487 e. The maximum atomic E-state index is 12.5. The molecule has 0 spiro atoms. The summed E-state index contributed by atoms with van der Waals surface area (Å²) in [5.41, 5.74) is 1.28. The second kappa shape index (κ2) is 9.65. The molecule has 1 heterocycles. The van der Waals surface area contributed by atoms with Crippen molar-refractivity contribution in [2.24, 2.45) is 0 Å². The van der Waals surface area contributed by atoms with Gasteiger partial charge >= 0.3 is 0 Å². The van der Waals surface area contributed by atoms with Gasteiger partial charge in [0.15, 0.2) is 5.78 Å². The monoisotopic (exact) mass is 379 g/mol. The number of carbonyl (C=O) groups excluding carboxylic acids is 1. The molecule has 4 nitrogen and oxygen atoms in total. The van der Waals surface area contributed by atoms with Crippen molar-refractivity contribution < 1.29 is 13.7 Å². The van der Waals surface area contributed by atoms with E-state index >= 15 is 0 Å². The smallest absolute Gasteiger partial charge is 0.159 e. The summed E-state index contributed by atoms with van der Waals surface area (Å²) in [6.45, 7) is 7.86. The third-order valence-electron chi connectivity index (χ3n) is 4.83. The van der Waals surface area contributed by atoms with E-state index in [-0.39, 0.29) is 17.4 Å². The zero-order valence-corrected chi connectivity index (χ0v) is 17.4. The molecular weight excluding hydrogens is 346 g/mol. The highest BCUT2D eigenvalue weighted by atomic mass is 32.2. The van der Waals surface area contributed by atoms with Crippen LogP contribution in [0.2, 0.25) is 0 Å². The fourth-order valence-corrected chi connectivity index (χ4v) is 4.52. The molecule has 26 heavy (non-hydrogen) atoms. The summed E-state index contributed by atoms with van der Waals surface area (Å²) < 4.78 is 21.9. The summed E-state index contributed by atoms with van der Waals surface area (Å²) in [4.78, 5) is 11.7. The first-order valence-corrected chi connectivity index (χ1v) is 11.1. The van der Waals surface area contributed by atoms with Gasteiger partial charge in [-0.05, 0) is 45.4 Å². The van der Waals surface area contributed by atoms with Gasteiger partial charge < -0.3 is 4.74 Å². The first-order chi connectivity index (χ1) is 12.3. The molecule has 0 aromatic heterocycles. The Morgan fingerprint density at radius 1 is 1.23 bits per heavy atom. The predicted molar refractivity (Wildman–Crippen MR) is 108 cm³/mol. The van der Waals surface area contributed by atoms with Gasteiger partial charge in [-0.3, -0.25) is 4.79 Å². The van der Waals surface area contributed by atoms with Gasteiger partial charge in [-0.2, -0.15) is 0 Å². The summed E-state index contributed by atoms with van der Waals surface area (Å²) in [5, 5.41) is 0. The largest absolute Gasteiger partial charge is 0.487 e. The second-order valence-electron chi connectivity index (χ2n) is 7.86. The molecular formula is C21H33NO3S.